The van der Waals surface area contributed by atoms with Crippen molar-refractivity contribution in [2.45, 2.75) is 6.92 Å². The molecule has 1 rings (SSSR count). The van der Waals surface area contributed by atoms with Crippen molar-refractivity contribution >= 4 is 28.2 Å². The monoisotopic (exact) mass is 286 g/mol. The van der Waals surface area contributed by atoms with Crippen LogP contribution in [-0.2, 0) is 4.74 Å². The maximum Gasteiger partial charge on any atom is 0.339 e. The largest absolute Gasteiger partial charge is 0.497 e. The lowest BCUT2D eigenvalue weighted by Crippen LogP contribution is -2.07. The molecule has 1 aromatic carbocycles. The van der Waals surface area contributed by atoms with Gasteiger partial charge in [-0.25, -0.2) is 4.79 Å². The van der Waals surface area contributed by atoms with Crippen LogP contribution < -0.4 is 4.74 Å². The number of benzene rings is 1. The normalized spacial score (nSPS) is 9.69. The fourth-order valence-electron chi connectivity index (χ4n) is 1.18. The maximum absolute atomic E-state index is 11.6. The first-order valence-electron chi connectivity index (χ1n) is 4.63. The van der Waals surface area contributed by atoms with Gasteiger partial charge in [-0.2, -0.15) is 0 Å². The van der Waals surface area contributed by atoms with Gasteiger partial charge < -0.3 is 9.47 Å². The highest BCUT2D eigenvalue weighted by molar-refractivity contribution is 9.10. The lowest BCUT2D eigenvalue weighted by atomic mass is 10.1. The van der Waals surface area contributed by atoms with Crippen LogP contribution in [0.25, 0.3) is 0 Å². The highest BCUT2D eigenvalue weighted by atomic mass is 79.9. The van der Waals surface area contributed by atoms with Gasteiger partial charge in [-0.1, -0.05) is 0 Å². The third-order valence-electron chi connectivity index (χ3n) is 1.93. The Bertz CT molecular complexity index is 415. The zero-order valence-electron chi connectivity index (χ0n) is 8.95. The molecule has 0 amide bonds. The highest BCUT2D eigenvalue weighted by Crippen LogP contribution is 2.27. The van der Waals surface area contributed by atoms with Gasteiger partial charge in [0.2, 0.25) is 0 Å². The van der Waals surface area contributed by atoms with Crippen molar-refractivity contribution in [3.8, 4) is 5.75 Å². The van der Waals surface area contributed by atoms with Gasteiger partial charge in [0.25, 0.3) is 0 Å². The third-order valence-corrected chi connectivity index (χ3v) is 2.82. The van der Waals surface area contributed by atoms with E-state index in [9.17, 15) is 9.59 Å². The summed E-state index contributed by atoms with van der Waals surface area (Å²) in [5.41, 5.74) is 0.630. The Kier molecular flexibility index (Phi) is 4.49. The summed E-state index contributed by atoms with van der Waals surface area (Å²) in [5, 5.41) is 0. The Labute approximate surface area is 102 Å². The summed E-state index contributed by atoms with van der Waals surface area (Å²) >= 11 is 3.19. The number of methoxy groups -OCH3 is 1. The van der Waals surface area contributed by atoms with E-state index >= 15 is 0 Å². The van der Waals surface area contributed by atoms with Crippen LogP contribution in [0.2, 0.25) is 0 Å². The molecule has 0 N–H and O–H groups in total. The Morgan fingerprint density at radius 2 is 2.19 bits per heavy atom. The average molecular weight is 287 g/mol. The van der Waals surface area contributed by atoms with Gasteiger partial charge >= 0.3 is 5.97 Å². The van der Waals surface area contributed by atoms with Crippen LogP contribution in [0.15, 0.2) is 16.6 Å². The first-order valence-corrected chi connectivity index (χ1v) is 5.43. The number of hydrogen-bond acceptors (Lipinski definition) is 4. The standard InChI is InChI=1S/C11H11BrO4/c1-3-16-11(14)9-5-8(15-2)4-7(6-13)10(9)12/h4-6H,3H2,1-2H3. The Morgan fingerprint density at radius 3 is 2.69 bits per heavy atom. The molecule has 0 fully saturated rings. The van der Waals surface area contributed by atoms with Crippen LogP contribution in [0, 0.1) is 0 Å². The molecule has 0 aromatic heterocycles. The van der Waals surface area contributed by atoms with E-state index < -0.39 is 5.97 Å². The highest BCUT2D eigenvalue weighted by Gasteiger charge is 2.16. The molecule has 0 aliphatic rings. The molecule has 0 aliphatic heterocycles. The van der Waals surface area contributed by atoms with Crippen molar-refractivity contribution in [1.82, 2.24) is 0 Å². The minimum Gasteiger partial charge on any atom is -0.497 e. The number of halogens is 1. The lowest BCUT2D eigenvalue weighted by molar-refractivity contribution is 0.0525. The number of hydrogen-bond donors (Lipinski definition) is 0. The molecule has 86 valence electrons. The molecule has 1 aromatic rings. The molecule has 0 radical (unpaired) electrons. The molecule has 0 atom stereocenters. The van der Waals surface area contributed by atoms with Gasteiger partial charge in [0.15, 0.2) is 6.29 Å². The van der Waals surface area contributed by atoms with Gasteiger partial charge in [0, 0.05) is 10.0 Å². The molecule has 0 bridgehead atoms. The van der Waals surface area contributed by atoms with Crippen LogP contribution in [-0.4, -0.2) is 26.0 Å². The predicted molar refractivity (Wildman–Crippen MR) is 62.0 cm³/mol. The Hall–Kier alpha value is -1.36. The second-order valence-corrected chi connectivity index (χ2v) is 3.71. The fraction of sp³-hybridized carbons (Fsp3) is 0.273. The number of esters is 1. The maximum atomic E-state index is 11.6. The molecule has 0 unspecified atom stereocenters. The summed E-state index contributed by atoms with van der Waals surface area (Å²) in [7, 11) is 1.47. The number of carbonyl (C=O) groups excluding carboxylic acids is 2. The van der Waals surface area contributed by atoms with E-state index in [4.69, 9.17) is 9.47 Å². The molecule has 0 aliphatic carbocycles. The van der Waals surface area contributed by atoms with E-state index in [0.29, 0.717) is 22.1 Å². The molecule has 16 heavy (non-hydrogen) atoms. The van der Waals surface area contributed by atoms with Gasteiger partial charge in [0.05, 0.1) is 19.3 Å². The van der Waals surface area contributed by atoms with Crippen molar-refractivity contribution in [3.63, 3.8) is 0 Å². The molecule has 0 heterocycles. The van der Waals surface area contributed by atoms with Gasteiger partial charge in [-0.3, -0.25) is 4.79 Å². The zero-order valence-corrected chi connectivity index (χ0v) is 10.5. The van der Waals surface area contributed by atoms with Crippen molar-refractivity contribution < 1.29 is 19.1 Å². The van der Waals surface area contributed by atoms with Gasteiger partial charge in [0.1, 0.15) is 5.75 Å². The quantitative estimate of drug-likeness (QED) is 0.630. The molecular weight excluding hydrogens is 276 g/mol. The third kappa shape index (κ3) is 2.61. The summed E-state index contributed by atoms with van der Waals surface area (Å²) in [6.45, 7) is 1.99. The molecule has 4 nitrogen and oxygen atoms in total. The van der Waals surface area contributed by atoms with Crippen molar-refractivity contribution in [1.29, 1.82) is 0 Å². The van der Waals surface area contributed by atoms with Crippen molar-refractivity contribution in [2.75, 3.05) is 13.7 Å². The van der Waals surface area contributed by atoms with E-state index in [-0.39, 0.29) is 12.2 Å². The second-order valence-electron chi connectivity index (χ2n) is 2.92. The van der Waals surface area contributed by atoms with Crippen LogP contribution in [0.4, 0.5) is 0 Å². The van der Waals surface area contributed by atoms with E-state index in [1.54, 1.807) is 13.0 Å². The zero-order chi connectivity index (χ0) is 12.1. The van der Waals surface area contributed by atoms with Crippen molar-refractivity contribution in [3.05, 3.63) is 27.7 Å². The summed E-state index contributed by atoms with van der Waals surface area (Å²) in [6, 6.07) is 3.06. The smallest absolute Gasteiger partial charge is 0.339 e. The molecule has 0 spiro atoms. The molecule has 5 heteroatoms. The summed E-state index contributed by atoms with van der Waals surface area (Å²) in [4.78, 5) is 22.4. The van der Waals surface area contributed by atoms with Crippen LogP contribution >= 0.6 is 15.9 Å². The molecule has 0 saturated carbocycles. The average Bonchev–Trinajstić information content (AvgIpc) is 2.29. The van der Waals surface area contributed by atoms with E-state index in [1.165, 1.54) is 13.2 Å². The van der Waals surface area contributed by atoms with Crippen LogP contribution in [0.3, 0.4) is 0 Å². The summed E-state index contributed by atoms with van der Waals surface area (Å²) < 4.78 is 10.3. The first kappa shape index (κ1) is 12.7. The SMILES string of the molecule is CCOC(=O)c1cc(OC)cc(C=O)c1Br. The second kappa shape index (κ2) is 5.65. The summed E-state index contributed by atoms with van der Waals surface area (Å²) in [5.74, 6) is -0.0512. The Morgan fingerprint density at radius 1 is 1.50 bits per heavy atom. The van der Waals surface area contributed by atoms with Crippen LogP contribution in [0.1, 0.15) is 27.6 Å². The van der Waals surface area contributed by atoms with Gasteiger partial charge in [-0.05, 0) is 35.0 Å². The molecule has 0 saturated heterocycles. The first-order chi connectivity index (χ1) is 7.63. The number of aldehydes is 1. The predicted octanol–water partition coefficient (Wildman–Crippen LogP) is 2.45. The topological polar surface area (TPSA) is 52.6 Å². The fourth-order valence-corrected chi connectivity index (χ4v) is 1.66. The van der Waals surface area contributed by atoms with Gasteiger partial charge in [-0.15, -0.1) is 0 Å². The number of carbonyl (C=O) groups is 2. The minimum absolute atomic E-state index is 0.277. The number of ether oxygens (including phenoxy) is 2. The molecular formula is C11H11BrO4. The Balaban J connectivity index is 3.25. The van der Waals surface area contributed by atoms with E-state index in [0.717, 1.165) is 0 Å². The van der Waals surface area contributed by atoms with Crippen molar-refractivity contribution in [2.24, 2.45) is 0 Å². The lowest BCUT2D eigenvalue weighted by Gasteiger charge is -2.08. The summed E-state index contributed by atoms with van der Waals surface area (Å²) in [6.07, 6.45) is 0.648. The van der Waals surface area contributed by atoms with E-state index in [2.05, 4.69) is 15.9 Å². The number of rotatable bonds is 4. The van der Waals surface area contributed by atoms with Crippen LogP contribution in [0.5, 0.6) is 5.75 Å². The van der Waals surface area contributed by atoms with E-state index in [1.807, 2.05) is 0 Å². The minimum atomic E-state index is -0.489.